The van der Waals surface area contributed by atoms with Crippen molar-refractivity contribution in [3.8, 4) is 11.5 Å². The van der Waals surface area contributed by atoms with Crippen molar-refractivity contribution < 1.29 is 18.7 Å². The highest BCUT2D eigenvalue weighted by atomic mass is 19.1. The van der Waals surface area contributed by atoms with Crippen molar-refractivity contribution in [3.63, 3.8) is 0 Å². The van der Waals surface area contributed by atoms with E-state index in [1.165, 1.54) is 17.7 Å². The van der Waals surface area contributed by atoms with Gasteiger partial charge in [-0.15, -0.1) is 0 Å². The first kappa shape index (κ1) is 21.4. The van der Waals surface area contributed by atoms with E-state index in [4.69, 9.17) is 9.47 Å². The summed E-state index contributed by atoms with van der Waals surface area (Å²) in [7, 11) is 5.46. The van der Waals surface area contributed by atoms with Gasteiger partial charge in [0.05, 0.1) is 14.2 Å². The maximum Gasteiger partial charge on any atom is 0.319 e. The van der Waals surface area contributed by atoms with Gasteiger partial charge in [0.2, 0.25) is 0 Å². The maximum absolute atomic E-state index is 13.4. The van der Waals surface area contributed by atoms with E-state index in [1.807, 2.05) is 6.07 Å². The zero-order valence-electron chi connectivity index (χ0n) is 18.3. The number of urea groups is 1. The number of fused-ring (bicyclic) bond motifs is 1. The predicted molar refractivity (Wildman–Crippen MR) is 118 cm³/mol. The maximum atomic E-state index is 13.4. The fraction of sp³-hybridized carbons (Fsp3) is 0.458. The van der Waals surface area contributed by atoms with E-state index in [1.54, 1.807) is 26.4 Å². The number of benzene rings is 2. The Morgan fingerprint density at radius 3 is 2.68 bits per heavy atom. The van der Waals surface area contributed by atoms with E-state index in [0.29, 0.717) is 11.7 Å². The van der Waals surface area contributed by atoms with E-state index in [0.717, 1.165) is 43.7 Å². The van der Waals surface area contributed by atoms with Gasteiger partial charge >= 0.3 is 6.03 Å². The van der Waals surface area contributed by atoms with Crippen LogP contribution in [-0.2, 0) is 5.41 Å². The van der Waals surface area contributed by atoms with Gasteiger partial charge in [-0.2, -0.15) is 0 Å². The van der Waals surface area contributed by atoms with E-state index in [9.17, 15) is 9.18 Å². The molecule has 2 aromatic carbocycles. The van der Waals surface area contributed by atoms with Crippen molar-refractivity contribution >= 4 is 11.7 Å². The number of methoxy groups -OCH3 is 2. The summed E-state index contributed by atoms with van der Waals surface area (Å²) in [4.78, 5) is 14.9. The number of likely N-dealkylation sites (N-methyl/N-ethyl adjacent to an activating group) is 1. The molecule has 2 fully saturated rings. The largest absolute Gasteiger partial charge is 0.493 e. The Morgan fingerprint density at radius 1 is 1.13 bits per heavy atom. The molecule has 0 radical (unpaired) electrons. The van der Waals surface area contributed by atoms with Gasteiger partial charge in [-0.1, -0.05) is 12.1 Å². The zero-order chi connectivity index (χ0) is 22.0. The lowest BCUT2D eigenvalue weighted by molar-refractivity contribution is 0.156. The average Bonchev–Trinajstić information content (AvgIpc) is 3.10. The van der Waals surface area contributed by atoms with Gasteiger partial charge in [-0.3, -0.25) is 0 Å². The first-order chi connectivity index (χ1) is 14.9. The molecule has 4 rings (SSSR count). The molecule has 3 atom stereocenters. The summed E-state index contributed by atoms with van der Waals surface area (Å²) in [6.45, 7) is 1.02. The standard InChI is InChI=1S/C24H30FN3O3/c1-28-12-11-24(16-7-8-20(30-2)21(13-16)31-3)10-9-19(15-22(24)28)27-23(29)26-18-6-4-5-17(25)14-18/h4-8,13-14,19,22H,9-12,15H2,1-3H3,(H2,26,27,29). The van der Waals surface area contributed by atoms with Crippen LogP contribution in [0.5, 0.6) is 11.5 Å². The molecule has 2 amide bonds. The molecule has 0 bridgehead atoms. The van der Waals surface area contributed by atoms with Crippen LogP contribution in [0.15, 0.2) is 42.5 Å². The topological polar surface area (TPSA) is 62.8 Å². The summed E-state index contributed by atoms with van der Waals surface area (Å²) < 4.78 is 24.3. The molecule has 1 saturated heterocycles. The van der Waals surface area contributed by atoms with Crippen LogP contribution in [-0.4, -0.2) is 50.8 Å². The molecule has 7 heteroatoms. The minimum atomic E-state index is -0.372. The number of anilines is 1. The SMILES string of the molecule is COc1ccc(C23CCC(NC(=O)Nc4cccc(F)c4)CC2N(C)CC3)cc1OC. The lowest BCUT2D eigenvalue weighted by Gasteiger charge is -2.45. The van der Waals surface area contributed by atoms with Crippen molar-refractivity contribution in [2.75, 3.05) is 33.1 Å². The quantitative estimate of drug-likeness (QED) is 0.752. The number of hydrogen-bond acceptors (Lipinski definition) is 4. The van der Waals surface area contributed by atoms with Crippen LogP contribution in [0.25, 0.3) is 0 Å². The van der Waals surface area contributed by atoms with Gasteiger partial charge < -0.3 is 25.0 Å². The lowest BCUT2D eigenvalue weighted by atomic mass is 9.65. The summed E-state index contributed by atoms with van der Waals surface area (Å²) in [5, 5.41) is 5.82. The molecule has 1 saturated carbocycles. The number of carbonyl (C=O) groups excluding carboxylic acids is 1. The Labute approximate surface area is 182 Å². The Hall–Kier alpha value is -2.80. The predicted octanol–water partition coefficient (Wildman–Crippen LogP) is 4.16. The Bertz CT molecular complexity index is 953. The van der Waals surface area contributed by atoms with Crippen molar-refractivity contribution in [1.82, 2.24) is 10.2 Å². The normalized spacial score (nSPS) is 25.5. The minimum absolute atomic E-state index is 0.0333. The molecule has 0 spiro atoms. The van der Waals surface area contributed by atoms with Crippen LogP contribution in [0.3, 0.4) is 0 Å². The number of nitrogens with zero attached hydrogens (tertiary/aromatic N) is 1. The average molecular weight is 428 g/mol. The number of halogens is 1. The second-order valence-electron chi connectivity index (χ2n) is 8.55. The Morgan fingerprint density at radius 2 is 1.94 bits per heavy atom. The van der Waals surface area contributed by atoms with Crippen LogP contribution in [0.2, 0.25) is 0 Å². The van der Waals surface area contributed by atoms with Crippen molar-refractivity contribution in [3.05, 3.63) is 53.8 Å². The molecule has 6 nitrogen and oxygen atoms in total. The summed E-state index contributed by atoms with van der Waals surface area (Å²) in [6, 6.07) is 12.2. The van der Waals surface area contributed by atoms with Gasteiger partial charge in [0.25, 0.3) is 0 Å². The minimum Gasteiger partial charge on any atom is -0.493 e. The molecule has 2 N–H and O–H groups in total. The highest BCUT2D eigenvalue weighted by Gasteiger charge is 2.50. The number of rotatable bonds is 5. The molecule has 2 aromatic rings. The summed E-state index contributed by atoms with van der Waals surface area (Å²) >= 11 is 0. The highest BCUT2D eigenvalue weighted by Crippen LogP contribution is 2.49. The van der Waals surface area contributed by atoms with E-state index in [-0.39, 0.29) is 23.3 Å². The second-order valence-corrected chi connectivity index (χ2v) is 8.55. The van der Waals surface area contributed by atoms with Gasteiger partial charge in [-0.25, -0.2) is 9.18 Å². The molecule has 1 aliphatic carbocycles. The smallest absolute Gasteiger partial charge is 0.319 e. The fourth-order valence-electron chi connectivity index (χ4n) is 5.31. The van der Waals surface area contributed by atoms with E-state index < -0.39 is 0 Å². The molecule has 2 aliphatic rings. The fourth-order valence-corrected chi connectivity index (χ4v) is 5.31. The van der Waals surface area contributed by atoms with Gasteiger partial charge in [-0.05, 0) is 75.2 Å². The third-order valence-corrected chi connectivity index (χ3v) is 6.90. The molecular formula is C24H30FN3O3. The lowest BCUT2D eigenvalue weighted by Crippen LogP contribution is -2.52. The second kappa shape index (κ2) is 8.75. The molecule has 1 heterocycles. The summed E-state index contributed by atoms with van der Waals surface area (Å²) in [5.74, 6) is 1.11. The number of carbonyl (C=O) groups is 1. The van der Waals surface area contributed by atoms with Gasteiger partial charge in [0.15, 0.2) is 11.5 Å². The van der Waals surface area contributed by atoms with Crippen molar-refractivity contribution in [2.45, 2.75) is 43.2 Å². The van der Waals surface area contributed by atoms with Gasteiger partial charge in [0, 0.05) is 23.2 Å². The first-order valence-corrected chi connectivity index (χ1v) is 10.7. The highest BCUT2D eigenvalue weighted by molar-refractivity contribution is 5.89. The Balaban J connectivity index is 1.48. The molecule has 0 aromatic heterocycles. The third kappa shape index (κ3) is 4.19. The van der Waals surface area contributed by atoms with Crippen LogP contribution < -0.4 is 20.1 Å². The third-order valence-electron chi connectivity index (χ3n) is 6.90. The monoisotopic (exact) mass is 427 g/mol. The molecular weight excluding hydrogens is 397 g/mol. The number of likely N-dealkylation sites (tertiary alicyclic amines) is 1. The van der Waals surface area contributed by atoms with Gasteiger partial charge in [0.1, 0.15) is 5.82 Å². The van der Waals surface area contributed by atoms with Crippen LogP contribution >= 0.6 is 0 Å². The van der Waals surface area contributed by atoms with E-state index >= 15 is 0 Å². The zero-order valence-corrected chi connectivity index (χ0v) is 18.3. The van der Waals surface area contributed by atoms with Crippen molar-refractivity contribution in [1.29, 1.82) is 0 Å². The number of amides is 2. The van der Waals surface area contributed by atoms with Crippen LogP contribution in [0.4, 0.5) is 14.9 Å². The van der Waals surface area contributed by atoms with Crippen LogP contribution in [0.1, 0.15) is 31.2 Å². The van der Waals surface area contributed by atoms with Crippen molar-refractivity contribution in [2.24, 2.45) is 0 Å². The summed E-state index contributed by atoms with van der Waals surface area (Å²) in [6.07, 6.45) is 3.80. The molecule has 31 heavy (non-hydrogen) atoms. The molecule has 1 aliphatic heterocycles. The Kier molecular flexibility index (Phi) is 6.05. The molecule has 3 unspecified atom stereocenters. The number of hydrogen-bond donors (Lipinski definition) is 2. The van der Waals surface area contributed by atoms with Crippen LogP contribution in [0, 0.1) is 5.82 Å². The number of nitrogens with one attached hydrogen (secondary N) is 2. The van der Waals surface area contributed by atoms with E-state index in [2.05, 4.69) is 34.7 Å². The first-order valence-electron chi connectivity index (χ1n) is 10.7. The summed E-state index contributed by atoms with van der Waals surface area (Å²) in [5.41, 5.74) is 1.75. The number of ether oxygens (including phenoxy) is 2. The molecule has 166 valence electrons.